The number of rotatable bonds is 16. The molecule has 51 heavy (non-hydrogen) atoms. The number of para-hydroxylation sites is 2. The van der Waals surface area contributed by atoms with E-state index in [1.54, 1.807) is 0 Å². The Morgan fingerprint density at radius 1 is 0.333 bits per heavy atom. The first kappa shape index (κ1) is 35.7. The fourth-order valence-corrected chi connectivity index (χ4v) is 7.58. The topological polar surface area (TPSA) is 6.48 Å². The van der Waals surface area contributed by atoms with Gasteiger partial charge in [-0.05, 0) is 133 Å². The molecule has 0 aromatic heterocycles. The van der Waals surface area contributed by atoms with Crippen molar-refractivity contribution in [1.29, 1.82) is 0 Å². The molecule has 0 heterocycles. The van der Waals surface area contributed by atoms with Crippen molar-refractivity contribution in [3.63, 3.8) is 0 Å². The number of nitrogens with zero attached hydrogens (tertiary/aromatic N) is 2. The molecule has 6 aromatic carbocycles. The molecule has 0 bridgehead atoms. The molecular weight excluding hydrogens is 617 g/mol. The number of hydrogen-bond acceptors (Lipinski definition) is 2. The van der Waals surface area contributed by atoms with E-state index in [1.807, 2.05) is 0 Å². The van der Waals surface area contributed by atoms with Crippen LogP contribution in [0.15, 0.2) is 158 Å². The van der Waals surface area contributed by atoms with Crippen molar-refractivity contribution in [2.45, 2.75) is 84.5 Å². The lowest BCUT2D eigenvalue weighted by atomic mass is 9.90. The Kier molecular flexibility index (Phi) is 12.4. The first-order valence-corrected chi connectivity index (χ1v) is 19.2. The number of anilines is 6. The summed E-state index contributed by atoms with van der Waals surface area (Å²) in [6.07, 6.45) is 8.54. The molecule has 6 aromatic rings. The Labute approximate surface area is 307 Å². The minimum Gasteiger partial charge on any atom is -0.311 e. The van der Waals surface area contributed by atoms with Gasteiger partial charge >= 0.3 is 0 Å². The van der Waals surface area contributed by atoms with Gasteiger partial charge < -0.3 is 9.80 Å². The van der Waals surface area contributed by atoms with Gasteiger partial charge in [0.25, 0.3) is 0 Å². The standard InChI is InChI=1S/C49H54N2/c1-5-15-38(8-4)40-22-30-46(31-23-40)50(44-18-11-9-12-19-44)48-34-26-42(27-35-48)43-28-36-49(37-29-43)51(45-20-13-10-14-21-45)47-32-24-41(25-33-47)39(16-6-2)17-7-3/h9-14,18-39H,5-8,15-17H2,1-4H3. The van der Waals surface area contributed by atoms with Crippen molar-refractivity contribution < 1.29 is 0 Å². The van der Waals surface area contributed by atoms with Gasteiger partial charge in [-0.25, -0.2) is 0 Å². The second-order valence-electron chi connectivity index (χ2n) is 13.8. The largest absolute Gasteiger partial charge is 0.311 e. The van der Waals surface area contributed by atoms with Crippen LogP contribution in [0.5, 0.6) is 0 Å². The lowest BCUT2D eigenvalue weighted by Gasteiger charge is -2.27. The van der Waals surface area contributed by atoms with E-state index in [4.69, 9.17) is 0 Å². The van der Waals surface area contributed by atoms with E-state index in [-0.39, 0.29) is 0 Å². The smallest absolute Gasteiger partial charge is 0.0462 e. The van der Waals surface area contributed by atoms with E-state index >= 15 is 0 Å². The first-order chi connectivity index (χ1) is 25.1. The van der Waals surface area contributed by atoms with Crippen molar-refractivity contribution in [2.75, 3.05) is 9.80 Å². The van der Waals surface area contributed by atoms with Gasteiger partial charge in [-0.2, -0.15) is 0 Å². The summed E-state index contributed by atoms with van der Waals surface area (Å²) in [7, 11) is 0. The third-order valence-electron chi connectivity index (χ3n) is 10.3. The molecule has 2 nitrogen and oxygen atoms in total. The Morgan fingerprint density at radius 3 is 0.961 bits per heavy atom. The summed E-state index contributed by atoms with van der Waals surface area (Å²) in [6.45, 7) is 9.16. The summed E-state index contributed by atoms with van der Waals surface area (Å²) in [4.78, 5) is 4.71. The highest BCUT2D eigenvalue weighted by Gasteiger charge is 2.17. The highest BCUT2D eigenvalue weighted by Crippen LogP contribution is 2.39. The number of benzene rings is 6. The molecule has 0 saturated heterocycles. The van der Waals surface area contributed by atoms with Crippen molar-refractivity contribution in [2.24, 2.45) is 0 Å². The molecule has 260 valence electrons. The monoisotopic (exact) mass is 670 g/mol. The number of hydrogen-bond donors (Lipinski definition) is 0. The van der Waals surface area contributed by atoms with Gasteiger partial charge in [-0.3, -0.25) is 0 Å². The fourth-order valence-electron chi connectivity index (χ4n) is 7.58. The van der Waals surface area contributed by atoms with Gasteiger partial charge in [0, 0.05) is 34.1 Å². The summed E-state index contributed by atoms with van der Waals surface area (Å²) in [6, 6.07) is 57.9. The Hall–Kier alpha value is -5.08. The Bertz CT molecular complexity index is 1870. The SMILES string of the molecule is CCCC(CC)c1ccc(N(c2ccccc2)c2ccc(-c3ccc(N(c4ccccc4)c4ccc(C(CCC)CCC)cc4)cc3)cc2)cc1. The molecule has 0 saturated carbocycles. The van der Waals surface area contributed by atoms with Crippen LogP contribution in [-0.4, -0.2) is 0 Å². The molecule has 1 atom stereocenters. The minimum atomic E-state index is 0.620. The molecule has 0 aliphatic carbocycles. The van der Waals surface area contributed by atoms with Crippen LogP contribution in [0.25, 0.3) is 11.1 Å². The average molecular weight is 671 g/mol. The zero-order valence-corrected chi connectivity index (χ0v) is 31.0. The minimum absolute atomic E-state index is 0.620. The molecule has 0 aliphatic rings. The van der Waals surface area contributed by atoms with E-state index < -0.39 is 0 Å². The second kappa shape index (κ2) is 17.7. The maximum atomic E-state index is 2.36. The van der Waals surface area contributed by atoms with E-state index in [0.29, 0.717) is 11.8 Å². The summed E-state index contributed by atoms with van der Waals surface area (Å²) in [5, 5.41) is 0. The maximum absolute atomic E-state index is 2.36. The Morgan fingerprint density at radius 2 is 0.627 bits per heavy atom. The van der Waals surface area contributed by atoms with E-state index in [0.717, 1.165) is 22.7 Å². The van der Waals surface area contributed by atoms with Gasteiger partial charge in [0.15, 0.2) is 0 Å². The molecule has 6 rings (SSSR count). The maximum Gasteiger partial charge on any atom is 0.0462 e. The normalized spacial score (nSPS) is 11.8. The summed E-state index contributed by atoms with van der Waals surface area (Å²) < 4.78 is 0. The quantitative estimate of drug-likeness (QED) is 0.101. The van der Waals surface area contributed by atoms with E-state index in [2.05, 4.69) is 195 Å². The van der Waals surface area contributed by atoms with Crippen LogP contribution in [0, 0.1) is 0 Å². The van der Waals surface area contributed by atoms with Crippen LogP contribution < -0.4 is 9.80 Å². The van der Waals surface area contributed by atoms with Crippen molar-refractivity contribution in [3.8, 4) is 11.1 Å². The van der Waals surface area contributed by atoms with Gasteiger partial charge in [-0.1, -0.05) is 132 Å². The molecule has 2 heteroatoms. The van der Waals surface area contributed by atoms with Crippen molar-refractivity contribution in [3.05, 3.63) is 169 Å². The molecule has 0 aliphatic heterocycles. The second-order valence-corrected chi connectivity index (χ2v) is 13.8. The van der Waals surface area contributed by atoms with Crippen LogP contribution in [0.1, 0.15) is 95.6 Å². The Balaban J connectivity index is 1.27. The molecule has 0 radical (unpaired) electrons. The zero-order chi connectivity index (χ0) is 35.4. The molecule has 0 fully saturated rings. The van der Waals surface area contributed by atoms with Crippen molar-refractivity contribution >= 4 is 34.1 Å². The van der Waals surface area contributed by atoms with Crippen LogP contribution in [0.2, 0.25) is 0 Å². The van der Waals surface area contributed by atoms with Crippen LogP contribution in [0.4, 0.5) is 34.1 Å². The lowest BCUT2D eigenvalue weighted by molar-refractivity contribution is 0.561. The van der Waals surface area contributed by atoms with Gasteiger partial charge in [-0.15, -0.1) is 0 Å². The van der Waals surface area contributed by atoms with Crippen LogP contribution >= 0.6 is 0 Å². The van der Waals surface area contributed by atoms with Gasteiger partial charge in [0.2, 0.25) is 0 Å². The van der Waals surface area contributed by atoms with Gasteiger partial charge in [0.1, 0.15) is 0 Å². The van der Waals surface area contributed by atoms with Gasteiger partial charge in [0.05, 0.1) is 0 Å². The average Bonchev–Trinajstić information content (AvgIpc) is 3.19. The predicted octanol–water partition coefficient (Wildman–Crippen LogP) is 15.3. The molecule has 1 unspecified atom stereocenters. The third-order valence-corrected chi connectivity index (χ3v) is 10.3. The summed E-state index contributed by atoms with van der Waals surface area (Å²) >= 11 is 0. The molecule has 0 amide bonds. The van der Waals surface area contributed by atoms with Crippen LogP contribution in [0.3, 0.4) is 0 Å². The molecule has 0 spiro atoms. The summed E-state index contributed by atoms with van der Waals surface area (Å²) in [5.74, 6) is 1.25. The highest BCUT2D eigenvalue weighted by atomic mass is 15.1. The molecular formula is C49H54N2. The lowest BCUT2D eigenvalue weighted by Crippen LogP contribution is -2.10. The van der Waals surface area contributed by atoms with Crippen LogP contribution in [-0.2, 0) is 0 Å². The highest BCUT2D eigenvalue weighted by molar-refractivity contribution is 5.80. The molecule has 0 N–H and O–H groups in total. The van der Waals surface area contributed by atoms with E-state index in [9.17, 15) is 0 Å². The first-order valence-electron chi connectivity index (χ1n) is 19.2. The van der Waals surface area contributed by atoms with E-state index in [1.165, 1.54) is 78.6 Å². The van der Waals surface area contributed by atoms with Crippen molar-refractivity contribution in [1.82, 2.24) is 0 Å². The predicted molar refractivity (Wildman–Crippen MR) is 222 cm³/mol. The zero-order valence-electron chi connectivity index (χ0n) is 31.0. The third kappa shape index (κ3) is 8.63. The fraction of sp³-hybridized carbons (Fsp3) is 0.265. The summed E-state index contributed by atoms with van der Waals surface area (Å²) in [5.41, 5.74) is 12.3.